The van der Waals surface area contributed by atoms with Crippen molar-refractivity contribution in [3.63, 3.8) is 0 Å². The minimum Gasteiger partial charge on any atom is -0.494 e. The molecule has 2 aliphatic heterocycles. The van der Waals surface area contributed by atoms with Gasteiger partial charge in [0.05, 0.1) is 18.8 Å². The fourth-order valence-electron chi connectivity index (χ4n) is 4.86. The molecule has 0 bridgehead atoms. The topological polar surface area (TPSA) is 80.8 Å². The van der Waals surface area contributed by atoms with Crippen LogP contribution >= 0.6 is 24.8 Å². The number of aromatic nitrogens is 1. The molecule has 35 heavy (non-hydrogen) atoms. The van der Waals surface area contributed by atoms with Crippen LogP contribution in [0.4, 0.5) is 0 Å². The number of fused-ring (bicyclic) bond motifs is 2. The fraction of sp³-hybridized carbons (Fsp3) is 0.423. The van der Waals surface area contributed by atoms with Crippen LogP contribution in [-0.2, 0) is 13.1 Å². The molecule has 3 heterocycles. The van der Waals surface area contributed by atoms with Gasteiger partial charge in [0.25, 0.3) is 5.91 Å². The first-order valence-electron chi connectivity index (χ1n) is 11.9. The van der Waals surface area contributed by atoms with Crippen molar-refractivity contribution in [2.24, 2.45) is 0 Å². The second-order valence-corrected chi connectivity index (χ2v) is 8.98. The van der Waals surface area contributed by atoms with Gasteiger partial charge in [0, 0.05) is 68.0 Å². The number of hydrogen-bond donors (Lipinski definition) is 3. The average molecular weight is 521 g/mol. The van der Waals surface area contributed by atoms with Crippen LogP contribution in [0.1, 0.15) is 34.8 Å². The van der Waals surface area contributed by atoms with Crippen LogP contribution in [0.25, 0.3) is 22.2 Å². The van der Waals surface area contributed by atoms with E-state index in [9.17, 15) is 4.79 Å². The number of nitrogens with one attached hydrogen (secondary N) is 2. The summed E-state index contributed by atoms with van der Waals surface area (Å²) in [6.45, 7) is 9.23. The minimum absolute atomic E-state index is 0. The van der Waals surface area contributed by atoms with Crippen molar-refractivity contribution in [2.45, 2.75) is 26.4 Å². The van der Waals surface area contributed by atoms with Crippen LogP contribution < -0.4 is 10.1 Å². The summed E-state index contributed by atoms with van der Waals surface area (Å²) in [5.74, 6) is 0.781. The number of halogens is 2. The molecule has 0 saturated carbocycles. The van der Waals surface area contributed by atoms with E-state index in [1.807, 2.05) is 12.1 Å². The number of aromatic amines is 1. The van der Waals surface area contributed by atoms with E-state index in [2.05, 4.69) is 51.3 Å². The van der Waals surface area contributed by atoms with Crippen molar-refractivity contribution >= 4 is 41.6 Å². The Morgan fingerprint density at radius 3 is 2.54 bits per heavy atom. The Morgan fingerprint density at radius 2 is 1.80 bits per heavy atom. The molecule has 1 amide bonds. The molecule has 5 rings (SSSR count). The van der Waals surface area contributed by atoms with Crippen LogP contribution in [0.3, 0.4) is 0 Å². The number of aliphatic hydroxyl groups excluding tert-OH is 1. The number of β-amino-alcohol motifs (C(OH)–C–C–N with tert-alkyl or cyclic N) is 1. The average Bonchev–Trinajstić information content (AvgIpc) is 3.42. The Kier molecular flexibility index (Phi) is 9.44. The maximum atomic E-state index is 12.6. The number of nitrogens with zero attached hydrogens (tertiary/aromatic N) is 2. The number of hydrogen-bond acceptors (Lipinski definition) is 5. The van der Waals surface area contributed by atoms with Crippen molar-refractivity contribution in [1.82, 2.24) is 20.1 Å². The highest BCUT2D eigenvalue weighted by molar-refractivity contribution is 6.05. The predicted molar refractivity (Wildman–Crippen MR) is 144 cm³/mol. The van der Waals surface area contributed by atoms with Gasteiger partial charge in [-0.1, -0.05) is 13.0 Å². The van der Waals surface area contributed by atoms with Gasteiger partial charge in [0.2, 0.25) is 0 Å². The summed E-state index contributed by atoms with van der Waals surface area (Å²) in [6, 6.07) is 12.7. The molecule has 0 aliphatic carbocycles. The number of piperazine rings is 1. The van der Waals surface area contributed by atoms with Crippen LogP contribution in [0, 0.1) is 0 Å². The second kappa shape index (κ2) is 12.1. The smallest absolute Gasteiger partial charge is 0.252 e. The molecule has 7 nitrogen and oxygen atoms in total. The van der Waals surface area contributed by atoms with Crippen LogP contribution in [0.15, 0.2) is 36.4 Å². The number of ether oxygens (including phenoxy) is 1. The second-order valence-electron chi connectivity index (χ2n) is 8.98. The van der Waals surface area contributed by atoms with Gasteiger partial charge in [0.1, 0.15) is 5.75 Å². The van der Waals surface area contributed by atoms with Crippen molar-refractivity contribution in [3.05, 3.63) is 53.1 Å². The maximum absolute atomic E-state index is 12.6. The lowest BCUT2D eigenvalue weighted by Gasteiger charge is -2.34. The normalized spacial score (nSPS) is 15.9. The first-order chi connectivity index (χ1) is 16.1. The van der Waals surface area contributed by atoms with E-state index in [-0.39, 0.29) is 37.3 Å². The number of carbonyl (C=O) groups excluding carboxylic acids is 1. The summed E-state index contributed by atoms with van der Waals surface area (Å²) in [7, 11) is 0. The predicted octanol–water partition coefficient (Wildman–Crippen LogP) is 3.82. The zero-order chi connectivity index (χ0) is 22.8. The van der Waals surface area contributed by atoms with E-state index in [1.165, 1.54) is 5.56 Å². The van der Waals surface area contributed by atoms with E-state index < -0.39 is 0 Å². The van der Waals surface area contributed by atoms with Crippen molar-refractivity contribution in [3.8, 4) is 17.0 Å². The Bertz CT molecular complexity index is 1160. The third-order valence-electron chi connectivity index (χ3n) is 6.60. The van der Waals surface area contributed by atoms with E-state index in [0.717, 1.165) is 84.7 Å². The molecule has 9 heteroatoms. The molecule has 1 fully saturated rings. The zero-order valence-electron chi connectivity index (χ0n) is 20.0. The van der Waals surface area contributed by atoms with Crippen LogP contribution in [-0.4, -0.2) is 71.7 Å². The standard InChI is InChI=1S/C26H32N4O3.2ClH/c1-2-11-33-21-13-20-16-27-26(32)25(20)22(15-21)24-14-19-12-18(3-4-23(19)28-24)17-30-7-5-29(6-8-30)9-10-31;;/h3-4,12-15,28,31H,2,5-11,16-17H2,1H3,(H,27,32);2*1H. The Morgan fingerprint density at radius 1 is 1.03 bits per heavy atom. The van der Waals surface area contributed by atoms with Crippen molar-refractivity contribution < 1.29 is 14.6 Å². The Balaban J connectivity index is 0.00000171. The lowest BCUT2D eigenvalue weighted by molar-refractivity contribution is 0.0966. The summed E-state index contributed by atoms with van der Waals surface area (Å²) in [5.41, 5.74) is 5.91. The molecule has 1 aromatic heterocycles. The molecule has 1 saturated heterocycles. The summed E-state index contributed by atoms with van der Waals surface area (Å²) < 4.78 is 5.90. The number of aliphatic hydroxyl groups is 1. The van der Waals surface area contributed by atoms with E-state index in [4.69, 9.17) is 9.84 Å². The highest BCUT2D eigenvalue weighted by Crippen LogP contribution is 2.35. The summed E-state index contributed by atoms with van der Waals surface area (Å²) in [4.78, 5) is 20.8. The van der Waals surface area contributed by atoms with Crippen molar-refractivity contribution in [1.29, 1.82) is 0 Å². The molecule has 2 aliphatic rings. The Labute approximate surface area is 218 Å². The summed E-state index contributed by atoms with van der Waals surface area (Å²) >= 11 is 0. The van der Waals surface area contributed by atoms with Gasteiger partial charge >= 0.3 is 0 Å². The van der Waals surface area contributed by atoms with Crippen LogP contribution in [0.2, 0.25) is 0 Å². The highest BCUT2D eigenvalue weighted by atomic mass is 35.5. The zero-order valence-corrected chi connectivity index (χ0v) is 21.6. The van der Waals surface area contributed by atoms with E-state index in [1.54, 1.807) is 0 Å². The molecular formula is C26H34Cl2N4O3. The highest BCUT2D eigenvalue weighted by Gasteiger charge is 2.25. The number of rotatable bonds is 8. The molecule has 0 spiro atoms. The van der Waals surface area contributed by atoms with Gasteiger partial charge in [-0.15, -0.1) is 24.8 Å². The quantitative estimate of drug-likeness (QED) is 0.420. The SMILES string of the molecule is CCCOc1cc2c(c(-c3cc4cc(CN5CCN(CCO)CC5)ccc4[nH]3)c1)C(=O)NC2.Cl.Cl. The third kappa shape index (κ3) is 5.93. The van der Waals surface area contributed by atoms with Gasteiger partial charge in [-0.05, 0) is 47.9 Å². The molecule has 0 radical (unpaired) electrons. The van der Waals surface area contributed by atoms with Crippen LogP contribution in [0.5, 0.6) is 5.75 Å². The number of amides is 1. The van der Waals surface area contributed by atoms with Gasteiger partial charge in [-0.3, -0.25) is 14.6 Å². The monoisotopic (exact) mass is 520 g/mol. The molecule has 2 aromatic carbocycles. The first-order valence-corrected chi connectivity index (χ1v) is 11.9. The fourth-order valence-corrected chi connectivity index (χ4v) is 4.86. The summed E-state index contributed by atoms with van der Waals surface area (Å²) in [6.07, 6.45) is 0.940. The van der Waals surface area contributed by atoms with E-state index in [0.29, 0.717) is 13.2 Å². The molecule has 3 N–H and O–H groups in total. The minimum atomic E-state index is -0.0262. The largest absolute Gasteiger partial charge is 0.494 e. The van der Waals surface area contributed by atoms with Gasteiger partial charge < -0.3 is 20.1 Å². The number of carbonyl (C=O) groups is 1. The van der Waals surface area contributed by atoms with Gasteiger partial charge in [-0.2, -0.15) is 0 Å². The Hall–Kier alpha value is -2.29. The molecule has 0 atom stereocenters. The van der Waals surface area contributed by atoms with Crippen molar-refractivity contribution in [2.75, 3.05) is 45.9 Å². The molecule has 190 valence electrons. The van der Waals surface area contributed by atoms with Gasteiger partial charge in [-0.25, -0.2) is 0 Å². The lowest BCUT2D eigenvalue weighted by atomic mass is 9.99. The molecule has 3 aromatic rings. The molecule has 0 unspecified atom stereocenters. The lowest BCUT2D eigenvalue weighted by Crippen LogP contribution is -2.46. The first kappa shape index (κ1) is 27.3. The number of benzene rings is 2. The molecular weight excluding hydrogens is 487 g/mol. The number of H-pyrrole nitrogens is 1. The third-order valence-corrected chi connectivity index (χ3v) is 6.60. The summed E-state index contributed by atoms with van der Waals surface area (Å²) in [5, 5.41) is 13.2. The van der Waals surface area contributed by atoms with Gasteiger partial charge in [0.15, 0.2) is 0 Å². The van der Waals surface area contributed by atoms with E-state index >= 15 is 0 Å². The maximum Gasteiger partial charge on any atom is 0.252 e.